The summed E-state index contributed by atoms with van der Waals surface area (Å²) in [6.45, 7) is 0.336. The molecule has 7 nitrogen and oxygen atoms in total. The van der Waals surface area contributed by atoms with Crippen LogP contribution in [0.15, 0.2) is 47.4 Å². The Bertz CT molecular complexity index is 867. The molecule has 0 saturated carbocycles. The van der Waals surface area contributed by atoms with Gasteiger partial charge in [-0.3, -0.25) is 4.79 Å². The van der Waals surface area contributed by atoms with Crippen molar-refractivity contribution in [2.24, 2.45) is 0 Å². The lowest BCUT2D eigenvalue weighted by Gasteiger charge is -2.12. The van der Waals surface area contributed by atoms with Crippen molar-refractivity contribution in [2.75, 3.05) is 19.5 Å². The van der Waals surface area contributed by atoms with Gasteiger partial charge in [0, 0.05) is 17.0 Å². The Morgan fingerprint density at radius 1 is 1.12 bits per heavy atom. The molecule has 0 spiro atoms. The van der Waals surface area contributed by atoms with Gasteiger partial charge in [-0.25, -0.2) is 9.97 Å². The summed E-state index contributed by atoms with van der Waals surface area (Å²) in [4.78, 5) is 20.6. The van der Waals surface area contributed by atoms with Crippen LogP contribution in [0.2, 0.25) is 0 Å². The summed E-state index contributed by atoms with van der Waals surface area (Å²) in [6, 6.07) is 8.39. The molecule has 3 rings (SSSR count). The summed E-state index contributed by atoms with van der Waals surface area (Å²) in [6.07, 6.45) is 1.53. The summed E-state index contributed by atoms with van der Waals surface area (Å²) in [5.41, 5.74) is 3.60. The maximum Gasteiger partial charge on any atom is 0.255 e. The van der Waals surface area contributed by atoms with Gasteiger partial charge in [-0.15, -0.1) is 11.3 Å². The lowest BCUT2D eigenvalue weighted by Crippen LogP contribution is -2.12. The van der Waals surface area contributed by atoms with Crippen LogP contribution in [0.5, 0.6) is 17.4 Å². The first-order chi connectivity index (χ1) is 12.7. The standard InChI is InChI=1S/C18H17N3O4S/c1-23-16-7-12(3-5-15(16)25-9-14-10-26-11-20-14)18(22)21-13-4-6-17(24-2)19-8-13/h3-8,10-11H,9H2,1-2H3,(H,21,22). The average molecular weight is 371 g/mol. The Morgan fingerprint density at radius 2 is 2.00 bits per heavy atom. The van der Waals surface area contributed by atoms with Crippen LogP contribution in [0.25, 0.3) is 0 Å². The lowest BCUT2D eigenvalue weighted by molar-refractivity contribution is 0.102. The molecule has 1 N–H and O–H groups in total. The SMILES string of the molecule is COc1ccc(NC(=O)c2ccc(OCc3cscn3)c(OC)c2)cn1. The highest BCUT2D eigenvalue weighted by Gasteiger charge is 2.12. The molecule has 0 unspecified atom stereocenters. The Kier molecular flexibility index (Phi) is 5.65. The molecular formula is C18H17N3O4S. The zero-order valence-electron chi connectivity index (χ0n) is 14.3. The summed E-state index contributed by atoms with van der Waals surface area (Å²) in [5, 5.41) is 4.69. The Balaban J connectivity index is 1.69. The number of thiazole rings is 1. The second-order valence-corrected chi connectivity index (χ2v) is 5.90. The van der Waals surface area contributed by atoms with Crippen molar-refractivity contribution in [1.82, 2.24) is 9.97 Å². The van der Waals surface area contributed by atoms with E-state index < -0.39 is 0 Å². The molecule has 134 valence electrons. The van der Waals surface area contributed by atoms with Crippen molar-refractivity contribution >= 4 is 22.9 Å². The van der Waals surface area contributed by atoms with Gasteiger partial charge in [-0.1, -0.05) is 0 Å². The van der Waals surface area contributed by atoms with Crippen LogP contribution in [-0.4, -0.2) is 30.1 Å². The smallest absolute Gasteiger partial charge is 0.255 e. The first-order valence-corrected chi connectivity index (χ1v) is 8.63. The number of hydrogen-bond donors (Lipinski definition) is 1. The van der Waals surface area contributed by atoms with Crippen LogP contribution in [0.3, 0.4) is 0 Å². The molecule has 0 atom stereocenters. The van der Waals surface area contributed by atoms with E-state index in [0.717, 1.165) is 5.69 Å². The van der Waals surface area contributed by atoms with Crippen LogP contribution < -0.4 is 19.5 Å². The summed E-state index contributed by atoms with van der Waals surface area (Å²) in [5.74, 6) is 1.22. The third kappa shape index (κ3) is 4.28. The van der Waals surface area contributed by atoms with Gasteiger partial charge in [0.1, 0.15) is 6.61 Å². The summed E-state index contributed by atoms with van der Waals surface area (Å²) >= 11 is 1.51. The number of carbonyl (C=O) groups excluding carboxylic acids is 1. The van der Waals surface area contributed by atoms with Gasteiger partial charge in [0.05, 0.1) is 37.3 Å². The highest BCUT2D eigenvalue weighted by molar-refractivity contribution is 7.07. The number of rotatable bonds is 7. The number of ether oxygens (including phenoxy) is 3. The van der Waals surface area contributed by atoms with Crippen LogP contribution in [0, 0.1) is 0 Å². The molecule has 1 aromatic carbocycles. The number of amides is 1. The largest absolute Gasteiger partial charge is 0.493 e. The maximum atomic E-state index is 12.4. The third-order valence-corrected chi connectivity index (χ3v) is 4.12. The van der Waals surface area contributed by atoms with Crippen LogP contribution in [0.1, 0.15) is 16.1 Å². The van der Waals surface area contributed by atoms with Crippen LogP contribution in [0.4, 0.5) is 5.69 Å². The van der Waals surface area contributed by atoms with Crippen molar-refractivity contribution in [3.8, 4) is 17.4 Å². The number of pyridine rings is 1. The Hall–Kier alpha value is -3.13. The molecule has 2 heterocycles. The minimum atomic E-state index is -0.277. The molecule has 1 amide bonds. The molecule has 8 heteroatoms. The van der Waals surface area contributed by atoms with E-state index in [0.29, 0.717) is 35.2 Å². The van der Waals surface area contributed by atoms with Gasteiger partial charge in [-0.2, -0.15) is 0 Å². The highest BCUT2D eigenvalue weighted by Crippen LogP contribution is 2.29. The molecule has 0 fully saturated rings. The second kappa shape index (κ2) is 8.30. The van der Waals surface area contributed by atoms with E-state index >= 15 is 0 Å². The molecule has 0 radical (unpaired) electrons. The number of aromatic nitrogens is 2. The van der Waals surface area contributed by atoms with Crippen molar-refractivity contribution in [3.63, 3.8) is 0 Å². The fourth-order valence-corrected chi connectivity index (χ4v) is 2.71. The van der Waals surface area contributed by atoms with E-state index in [1.165, 1.54) is 31.8 Å². The van der Waals surface area contributed by atoms with E-state index in [1.807, 2.05) is 5.38 Å². The van der Waals surface area contributed by atoms with Gasteiger partial charge in [0.15, 0.2) is 11.5 Å². The number of benzene rings is 1. The molecule has 2 aromatic heterocycles. The topological polar surface area (TPSA) is 82.6 Å². The molecule has 0 aliphatic carbocycles. The zero-order chi connectivity index (χ0) is 18.4. The normalized spacial score (nSPS) is 10.2. The first-order valence-electron chi connectivity index (χ1n) is 7.69. The zero-order valence-corrected chi connectivity index (χ0v) is 15.1. The molecule has 3 aromatic rings. The Morgan fingerprint density at radius 3 is 2.65 bits per heavy atom. The lowest BCUT2D eigenvalue weighted by atomic mass is 10.2. The predicted molar refractivity (Wildman–Crippen MR) is 98.2 cm³/mol. The van der Waals surface area contributed by atoms with Crippen molar-refractivity contribution in [1.29, 1.82) is 0 Å². The second-order valence-electron chi connectivity index (χ2n) is 5.18. The monoisotopic (exact) mass is 371 g/mol. The summed E-state index contributed by atoms with van der Waals surface area (Å²) in [7, 11) is 3.06. The molecule has 0 aliphatic rings. The van der Waals surface area contributed by atoms with E-state index in [4.69, 9.17) is 14.2 Å². The maximum absolute atomic E-state index is 12.4. The minimum Gasteiger partial charge on any atom is -0.493 e. The molecule has 0 bridgehead atoms. The van der Waals surface area contributed by atoms with Crippen molar-refractivity contribution < 1.29 is 19.0 Å². The Labute approximate surface area is 154 Å². The fraction of sp³-hybridized carbons (Fsp3) is 0.167. The minimum absolute atomic E-state index is 0.277. The van der Waals surface area contributed by atoms with Crippen LogP contribution in [-0.2, 0) is 6.61 Å². The van der Waals surface area contributed by atoms with Crippen LogP contribution >= 0.6 is 11.3 Å². The number of anilines is 1. The third-order valence-electron chi connectivity index (χ3n) is 3.49. The van der Waals surface area contributed by atoms with Gasteiger partial charge < -0.3 is 19.5 Å². The number of methoxy groups -OCH3 is 2. The van der Waals surface area contributed by atoms with E-state index in [1.54, 1.807) is 35.8 Å². The molecular weight excluding hydrogens is 354 g/mol. The number of nitrogens with one attached hydrogen (secondary N) is 1. The van der Waals surface area contributed by atoms with Gasteiger partial charge >= 0.3 is 0 Å². The average Bonchev–Trinajstić information content (AvgIpc) is 3.20. The van der Waals surface area contributed by atoms with Gasteiger partial charge in [0.2, 0.25) is 5.88 Å². The summed E-state index contributed by atoms with van der Waals surface area (Å²) < 4.78 is 16.0. The van der Waals surface area contributed by atoms with Gasteiger partial charge in [-0.05, 0) is 24.3 Å². The van der Waals surface area contributed by atoms with E-state index in [9.17, 15) is 4.79 Å². The highest BCUT2D eigenvalue weighted by atomic mass is 32.1. The van der Waals surface area contributed by atoms with E-state index in [2.05, 4.69) is 15.3 Å². The molecule has 0 saturated heterocycles. The molecule has 26 heavy (non-hydrogen) atoms. The number of hydrogen-bond acceptors (Lipinski definition) is 7. The number of carbonyl (C=O) groups is 1. The predicted octanol–water partition coefficient (Wildman–Crippen LogP) is 3.39. The van der Waals surface area contributed by atoms with Crippen molar-refractivity contribution in [3.05, 3.63) is 58.7 Å². The van der Waals surface area contributed by atoms with Crippen molar-refractivity contribution in [2.45, 2.75) is 6.61 Å². The van der Waals surface area contributed by atoms with E-state index in [-0.39, 0.29) is 5.91 Å². The van der Waals surface area contributed by atoms with Gasteiger partial charge in [0.25, 0.3) is 5.91 Å². The fourth-order valence-electron chi connectivity index (χ4n) is 2.17. The number of nitrogens with zero attached hydrogens (tertiary/aromatic N) is 2. The quantitative estimate of drug-likeness (QED) is 0.685. The molecule has 0 aliphatic heterocycles. The first kappa shape index (κ1) is 17.7.